The van der Waals surface area contributed by atoms with E-state index in [4.69, 9.17) is 9.15 Å². The fourth-order valence-electron chi connectivity index (χ4n) is 1.35. The largest absolute Gasteiger partial charge is 0.495 e. The smallest absolute Gasteiger partial charge is 0.229 e. The molecule has 2 aromatic heterocycles. The summed E-state index contributed by atoms with van der Waals surface area (Å²) in [6.07, 6.45) is 3.03. The average Bonchev–Trinajstić information content (AvgIpc) is 2.75. The van der Waals surface area contributed by atoms with E-state index in [1.807, 2.05) is 0 Å². The van der Waals surface area contributed by atoms with E-state index in [2.05, 4.69) is 4.98 Å². The molecule has 4 nitrogen and oxygen atoms in total. The van der Waals surface area contributed by atoms with E-state index in [0.29, 0.717) is 22.8 Å². The van der Waals surface area contributed by atoms with Gasteiger partial charge in [-0.3, -0.25) is 9.78 Å². The fourth-order valence-corrected chi connectivity index (χ4v) is 1.35. The van der Waals surface area contributed by atoms with Crippen molar-refractivity contribution in [1.29, 1.82) is 0 Å². The second-order valence-corrected chi connectivity index (χ2v) is 3.35. The highest BCUT2D eigenvalue weighted by molar-refractivity contribution is 6.07. The zero-order chi connectivity index (χ0) is 11.5. The van der Waals surface area contributed by atoms with Crippen molar-refractivity contribution in [1.82, 2.24) is 4.98 Å². The second-order valence-electron chi connectivity index (χ2n) is 3.35. The molecule has 82 valence electrons. The Labute approximate surface area is 92.9 Å². The number of furan rings is 1. The highest BCUT2D eigenvalue weighted by Gasteiger charge is 2.13. The van der Waals surface area contributed by atoms with Crippen molar-refractivity contribution in [2.24, 2.45) is 0 Å². The van der Waals surface area contributed by atoms with Gasteiger partial charge in [0.1, 0.15) is 11.5 Å². The lowest BCUT2D eigenvalue weighted by atomic mass is 10.1. The molecule has 0 radical (unpaired) electrons. The maximum Gasteiger partial charge on any atom is 0.229 e. The van der Waals surface area contributed by atoms with Crippen LogP contribution < -0.4 is 4.74 Å². The van der Waals surface area contributed by atoms with E-state index >= 15 is 0 Å². The van der Waals surface area contributed by atoms with Crippen LogP contribution in [0, 0.1) is 6.92 Å². The van der Waals surface area contributed by atoms with Gasteiger partial charge in [-0.25, -0.2) is 0 Å². The topological polar surface area (TPSA) is 52.3 Å². The van der Waals surface area contributed by atoms with Crippen LogP contribution in [-0.2, 0) is 0 Å². The Morgan fingerprint density at radius 1 is 1.38 bits per heavy atom. The van der Waals surface area contributed by atoms with Crippen LogP contribution in [0.15, 0.2) is 35.0 Å². The minimum atomic E-state index is -0.195. The van der Waals surface area contributed by atoms with E-state index in [-0.39, 0.29) is 5.78 Å². The van der Waals surface area contributed by atoms with Crippen molar-refractivity contribution in [3.63, 3.8) is 0 Å². The van der Waals surface area contributed by atoms with Crippen molar-refractivity contribution >= 4 is 5.78 Å². The summed E-state index contributed by atoms with van der Waals surface area (Å²) < 4.78 is 10.3. The predicted octanol–water partition coefficient (Wildman–Crippen LogP) is 2.22. The second kappa shape index (κ2) is 4.18. The number of ketones is 1. The number of aromatic nitrogens is 1. The van der Waals surface area contributed by atoms with Crippen LogP contribution in [0.1, 0.15) is 21.9 Å². The maximum atomic E-state index is 11.9. The number of hydrogen-bond acceptors (Lipinski definition) is 4. The Hall–Kier alpha value is -2.10. The van der Waals surface area contributed by atoms with Crippen molar-refractivity contribution in [2.45, 2.75) is 6.92 Å². The van der Waals surface area contributed by atoms with Crippen molar-refractivity contribution in [2.75, 3.05) is 7.11 Å². The predicted molar refractivity (Wildman–Crippen MR) is 57.7 cm³/mol. The van der Waals surface area contributed by atoms with Gasteiger partial charge in [-0.15, -0.1) is 0 Å². The van der Waals surface area contributed by atoms with Gasteiger partial charge in [0, 0.05) is 11.8 Å². The van der Waals surface area contributed by atoms with Gasteiger partial charge < -0.3 is 9.15 Å². The van der Waals surface area contributed by atoms with Crippen LogP contribution in [0.4, 0.5) is 0 Å². The van der Waals surface area contributed by atoms with Crippen LogP contribution in [0.2, 0.25) is 0 Å². The zero-order valence-corrected chi connectivity index (χ0v) is 9.06. The number of aryl methyl sites for hydroxylation is 1. The van der Waals surface area contributed by atoms with Gasteiger partial charge in [0.15, 0.2) is 5.76 Å². The van der Waals surface area contributed by atoms with Crippen LogP contribution in [0.5, 0.6) is 5.75 Å². The first-order valence-corrected chi connectivity index (χ1v) is 4.81. The van der Waals surface area contributed by atoms with Gasteiger partial charge in [-0.1, -0.05) is 0 Å². The van der Waals surface area contributed by atoms with E-state index in [0.717, 1.165) is 0 Å². The summed E-state index contributed by atoms with van der Waals surface area (Å²) in [5.41, 5.74) is 0.453. The molecular formula is C12H11NO3. The Morgan fingerprint density at radius 2 is 2.19 bits per heavy atom. The summed E-state index contributed by atoms with van der Waals surface area (Å²) in [4.78, 5) is 15.9. The molecule has 0 N–H and O–H groups in total. The third-order valence-corrected chi connectivity index (χ3v) is 2.18. The summed E-state index contributed by atoms with van der Waals surface area (Å²) >= 11 is 0. The molecule has 0 bridgehead atoms. The molecule has 0 spiro atoms. The van der Waals surface area contributed by atoms with Crippen molar-refractivity contribution in [3.8, 4) is 5.75 Å². The maximum absolute atomic E-state index is 11.9. The quantitative estimate of drug-likeness (QED) is 0.740. The van der Waals surface area contributed by atoms with E-state index in [1.165, 1.54) is 13.3 Å². The first kappa shape index (κ1) is 10.4. The molecular weight excluding hydrogens is 206 g/mol. The van der Waals surface area contributed by atoms with Crippen molar-refractivity contribution < 1.29 is 13.9 Å². The number of hydrogen-bond donors (Lipinski definition) is 0. The first-order chi connectivity index (χ1) is 7.70. The zero-order valence-electron chi connectivity index (χ0n) is 9.06. The SMILES string of the molecule is COc1cncc(C(=O)c2ccc(C)o2)c1. The summed E-state index contributed by atoms with van der Waals surface area (Å²) in [5, 5.41) is 0. The molecule has 0 aliphatic heterocycles. The number of carbonyl (C=O) groups excluding carboxylic acids is 1. The summed E-state index contributed by atoms with van der Waals surface area (Å²) in [6, 6.07) is 5.03. The van der Waals surface area contributed by atoms with Crippen LogP contribution >= 0.6 is 0 Å². The Kier molecular flexibility index (Phi) is 2.72. The van der Waals surface area contributed by atoms with Gasteiger partial charge in [-0.2, -0.15) is 0 Å². The number of carbonyl (C=O) groups is 1. The lowest BCUT2D eigenvalue weighted by Crippen LogP contribution is -2.00. The first-order valence-electron chi connectivity index (χ1n) is 4.81. The number of methoxy groups -OCH3 is 1. The molecule has 2 aromatic rings. The standard InChI is InChI=1S/C12H11NO3/c1-8-3-4-11(16-8)12(14)9-5-10(15-2)7-13-6-9/h3-7H,1-2H3. The lowest BCUT2D eigenvalue weighted by Gasteiger charge is -2.01. The highest BCUT2D eigenvalue weighted by atomic mass is 16.5. The Morgan fingerprint density at radius 3 is 2.81 bits per heavy atom. The molecule has 0 aliphatic rings. The average molecular weight is 217 g/mol. The van der Waals surface area contributed by atoms with Crippen LogP contribution in [0.3, 0.4) is 0 Å². The van der Waals surface area contributed by atoms with Gasteiger partial charge in [-0.05, 0) is 25.1 Å². The molecule has 0 saturated heterocycles. The third-order valence-electron chi connectivity index (χ3n) is 2.18. The molecule has 4 heteroatoms. The van der Waals surface area contributed by atoms with Crippen LogP contribution in [-0.4, -0.2) is 17.9 Å². The fraction of sp³-hybridized carbons (Fsp3) is 0.167. The van der Waals surface area contributed by atoms with E-state index < -0.39 is 0 Å². The van der Waals surface area contributed by atoms with Gasteiger partial charge >= 0.3 is 0 Å². The van der Waals surface area contributed by atoms with Gasteiger partial charge in [0.25, 0.3) is 0 Å². The third kappa shape index (κ3) is 1.95. The summed E-state index contributed by atoms with van der Waals surface area (Å²) in [6.45, 7) is 1.79. The molecule has 0 amide bonds. The normalized spacial score (nSPS) is 10.1. The molecule has 2 rings (SSSR count). The van der Waals surface area contributed by atoms with Gasteiger partial charge in [0.05, 0.1) is 13.3 Å². The number of ether oxygens (including phenoxy) is 1. The lowest BCUT2D eigenvalue weighted by molar-refractivity contribution is 0.101. The molecule has 0 aliphatic carbocycles. The molecule has 0 fully saturated rings. The molecule has 0 unspecified atom stereocenters. The monoisotopic (exact) mass is 217 g/mol. The molecule has 0 saturated carbocycles. The number of pyridine rings is 1. The van der Waals surface area contributed by atoms with Gasteiger partial charge in [0.2, 0.25) is 5.78 Å². The van der Waals surface area contributed by atoms with E-state index in [9.17, 15) is 4.79 Å². The molecule has 2 heterocycles. The Bertz CT molecular complexity index is 516. The summed E-state index contributed by atoms with van der Waals surface area (Å²) in [7, 11) is 1.53. The summed E-state index contributed by atoms with van der Waals surface area (Å²) in [5.74, 6) is 1.38. The number of nitrogens with zero attached hydrogens (tertiary/aromatic N) is 1. The Balaban J connectivity index is 2.33. The minimum Gasteiger partial charge on any atom is -0.495 e. The number of rotatable bonds is 3. The molecule has 0 aromatic carbocycles. The van der Waals surface area contributed by atoms with E-state index in [1.54, 1.807) is 31.3 Å². The van der Waals surface area contributed by atoms with Crippen molar-refractivity contribution in [3.05, 3.63) is 47.7 Å². The highest BCUT2D eigenvalue weighted by Crippen LogP contribution is 2.16. The minimum absolute atomic E-state index is 0.195. The molecule has 16 heavy (non-hydrogen) atoms. The van der Waals surface area contributed by atoms with Crippen LogP contribution in [0.25, 0.3) is 0 Å². The molecule has 0 atom stereocenters.